The number of carboxylic acid groups (broad SMARTS) is 1. The van der Waals surface area contributed by atoms with Gasteiger partial charge in [0, 0.05) is 24.4 Å². The lowest BCUT2D eigenvalue weighted by Crippen LogP contribution is -2.45. The number of aliphatic carboxylic acids is 1. The zero-order valence-electron chi connectivity index (χ0n) is 19.6. The first-order chi connectivity index (χ1) is 15.5. The fourth-order valence-corrected chi connectivity index (χ4v) is 3.88. The predicted molar refractivity (Wildman–Crippen MR) is 126 cm³/mol. The second-order valence-corrected chi connectivity index (χ2v) is 9.80. The summed E-state index contributed by atoms with van der Waals surface area (Å²) in [4.78, 5) is 35.8. The van der Waals surface area contributed by atoms with Crippen LogP contribution in [0.1, 0.15) is 57.6 Å². The summed E-state index contributed by atoms with van der Waals surface area (Å²) in [6, 6.07) is 16.3. The van der Waals surface area contributed by atoms with Crippen LogP contribution in [-0.4, -0.2) is 41.8 Å². The van der Waals surface area contributed by atoms with Crippen LogP contribution in [0.15, 0.2) is 48.5 Å². The van der Waals surface area contributed by atoms with Gasteiger partial charge < -0.3 is 20.5 Å². The minimum absolute atomic E-state index is 0.0189. The average Bonchev–Trinajstić information content (AvgIpc) is 3.08. The quantitative estimate of drug-likeness (QED) is 0.526. The van der Waals surface area contributed by atoms with Crippen LogP contribution in [0.25, 0.3) is 11.1 Å². The molecule has 0 saturated carbocycles. The van der Waals surface area contributed by atoms with Crippen LogP contribution in [0.3, 0.4) is 0 Å². The Labute approximate surface area is 194 Å². The van der Waals surface area contributed by atoms with Gasteiger partial charge in [0.05, 0.1) is 5.41 Å². The maximum absolute atomic E-state index is 12.5. The summed E-state index contributed by atoms with van der Waals surface area (Å²) in [7, 11) is 0. The molecule has 2 aromatic carbocycles. The number of nitrogens with one attached hydrogen (secondary N) is 2. The van der Waals surface area contributed by atoms with Crippen molar-refractivity contribution in [3.63, 3.8) is 0 Å². The molecule has 2 aromatic rings. The highest BCUT2D eigenvalue weighted by Crippen LogP contribution is 2.44. The number of fused-ring (bicyclic) bond motifs is 3. The molecule has 7 heteroatoms. The van der Waals surface area contributed by atoms with Crippen molar-refractivity contribution in [2.75, 3.05) is 13.2 Å². The molecule has 1 aliphatic carbocycles. The predicted octanol–water partition coefficient (Wildman–Crippen LogP) is 4.31. The number of carbonyl (C=O) groups is 3. The van der Waals surface area contributed by atoms with Gasteiger partial charge in [-0.3, -0.25) is 9.59 Å². The Hall–Kier alpha value is -3.35. The minimum atomic E-state index is -1.04. The van der Waals surface area contributed by atoms with E-state index < -0.39 is 23.0 Å². The molecule has 0 spiro atoms. The van der Waals surface area contributed by atoms with E-state index in [1.807, 2.05) is 38.1 Å². The van der Waals surface area contributed by atoms with Crippen LogP contribution in [-0.2, 0) is 14.3 Å². The third-order valence-corrected chi connectivity index (χ3v) is 6.07. The molecule has 2 amide bonds. The molecule has 0 aromatic heterocycles. The molecule has 0 heterocycles. The molecule has 0 unspecified atom stereocenters. The topological polar surface area (TPSA) is 105 Å². The molecule has 0 aliphatic heterocycles. The maximum atomic E-state index is 12.5. The normalized spacial score (nSPS) is 13.1. The fraction of sp³-hybridized carbons (Fsp3) is 0.423. The van der Waals surface area contributed by atoms with Crippen LogP contribution in [0.5, 0.6) is 0 Å². The summed E-state index contributed by atoms with van der Waals surface area (Å²) >= 11 is 0. The summed E-state index contributed by atoms with van der Waals surface area (Å²) in [5.41, 5.74) is 2.92. The molecule has 176 valence electrons. The minimum Gasteiger partial charge on any atom is -0.481 e. The Bertz CT molecular complexity index is 999. The van der Waals surface area contributed by atoms with Crippen LogP contribution in [0.2, 0.25) is 0 Å². The van der Waals surface area contributed by atoms with Gasteiger partial charge in [0.25, 0.3) is 0 Å². The van der Waals surface area contributed by atoms with E-state index in [1.165, 1.54) is 11.1 Å². The first-order valence-corrected chi connectivity index (χ1v) is 11.1. The Kier molecular flexibility index (Phi) is 7.10. The van der Waals surface area contributed by atoms with Crippen molar-refractivity contribution in [2.24, 2.45) is 5.41 Å². The van der Waals surface area contributed by atoms with Crippen molar-refractivity contribution in [1.29, 1.82) is 0 Å². The summed E-state index contributed by atoms with van der Waals surface area (Å²) in [6.45, 7) is 7.02. The molecule has 0 radical (unpaired) electrons. The van der Waals surface area contributed by atoms with Crippen molar-refractivity contribution in [3.8, 4) is 11.1 Å². The SMILES string of the molecule is CC(C)(CCC(=O)NCC(C)(C)C(=O)O)NC(=O)OCC1c2ccccc2-c2ccccc21. The van der Waals surface area contributed by atoms with Crippen molar-refractivity contribution in [2.45, 2.75) is 52.0 Å². The van der Waals surface area contributed by atoms with E-state index in [9.17, 15) is 14.4 Å². The molecule has 3 rings (SSSR count). The lowest BCUT2D eigenvalue weighted by molar-refractivity contribution is -0.146. The number of hydrogen-bond acceptors (Lipinski definition) is 4. The lowest BCUT2D eigenvalue weighted by Gasteiger charge is -2.26. The van der Waals surface area contributed by atoms with Crippen molar-refractivity contribution < 1.29 is 24.2 Å². The molecule has 1 aliphatic rings. The molecule has 3 N–H and O–H groups in total. The Morgan fingerprint density at radius 2 is 1.48 bits per heavy atom. The molecule has 0 fully saturated rings. The van der Waals surface area contributed by atoms with Gasteiger partial charge in [-0.1, -0.05) is 48.5 Å². The van der Waals surface area contributed by atoms with E-state index >= 15 is 0 Å². The molecule has 0 atom stereocenters. The molecule has 0 bridgehead atoms. The molecule has 33 heavy (non-hydrogen) atoms. The smallest absolute Gasteiger partial charge is 0.407 e. The first-order valence-electron chi connectivity index (χ1n) is 11.1. The van der Waals surface area contributed by atoms with E-state index in [2.05, 4.69) is 34.9 Å². The number of alkyl carbamates (subject to hydrolysis) is 1. The molecule has 7 nitrogen and oxygen atoms in total. The number of benzene rings is 2. The average molecular weight is 453 g/mol. The van der Waals surface area contributed by atoms with E-state index in [4.69, 9.17) is 9.84 Å². The van der Waals surface area contributed by atoms with E-state index in [0.29, 0.717) is 6.42 Å². The maximum Gasteiger partial charge on any atom is 0.407 e. The van der Waals surface area contributed by atoms with Gasteiger partial charge in [-0.25, -0.2) is 4.79 Å². The van der Waals surface area contributed by atoms with Gasteiger partial charge in [0.2, 0.25) is 5.91 Å². The second-order valence-electron chi connectivity index (χ2n) is 9.80. The number of ether oxygens (including phenoxy) is 1. The molecular weight excluding hydrogens is 420 g/mol. The summed E-state index contributed by atoms with van der Waals surface area (Å²) < 4.78 is 5.59. The van der Waals surface area contributed by atoms with E-state index in [-0.39, 0.29) is 31.4 Å². The van der Waals surface area contributed by atoms with E-state index in [0.717, 1.165) is 11.1 Å². The Balaban J connectivity index is 1.50. The highest BCUT2D eigenvalue weighted by molar-refractivity contribution is 5.80. The zero-order valence-corrected chi connectivity index (χ0v) is 19.6. The third kappa shape index (κ3) is 5.92. The van der Waals surface area contributed by atoms with Crippen molar-refractivity contribution >= 4 is 18.0 Å². The number of carboxylic acids is 1. The van der Waals surface area contributed by atoms with Gasteiger partial charge in [0.15, 0.2) is 0 Å². The van der Waals surface area contributed by atoms with Gasteiger partial charge >= 0.3 is 12.1 Å². The highest BCUT2D eigenvalue weighted by atomic mass is 16.5. The van der Waals surface area contributed by atoms with Gasteiger partial charge in [-0.2, -0.15) is 0 Å². The van der Waals surface area contributed by atoms with Crippen LogP contribution in [0, 0.1) is 5.41 Å². The van der Waals surface area contributed by atoms with E-state index in [1.54, 1.807) is 13.8 Å². The highest BCUT2D eigenvalue weighted by Gasteiger charge is 2.30. The summed E-state index contributed by atoms with van der Waals surface area (Å²) in [6.07, 6.45) is 0.0115. The lowest BCUT2D eigenvalue weighted by atomic mass is 9.93. The molecular formula is C26H32N2O5. The largest absolute Gasteiger partial charge is 0.481 e. The number of hydrogen-bond donors (Lipinski definition) is 3. The van der Waals surface area contributed by atoms with Crippen molar-refractivity contribution in [3.05, 3.63) is 59.7 Å². The first kappa shape index (κ1) is 24.3. The number of rotatable bonds is 9. The van der Waals surface area contributed by atoms with Gasteiger partial charge in [-0.05, 0) is 56.4 Å². The van der Waals surface area contributed by atoms with Crippen molar-refractivity contribution in [1.82, 2.24) is 10.6 Å². The zero-order chi connectivity index (χ0) is 24.2. The van der Waals surface area contributed by atoms with Crippen LogP contribution < -0.4 is 10.6 Å². The standard InChI is InChI=1S/C26H32N2O5/c1-25(2,23(30)31)16-27-22(29)13-14-26(3,4)28-24(32)33-15-21-19-11-7-5-9-17(19)18-10-6-8-12-20(18)21/h5-12,21H,13-16H2,1-4H3,(H,27,29)(H,28,32)(H,30,31). The van der Waals surface area contributed by atoms with Crippen LogP contribution in [0.4, 0.5) is 4.79 Å². The fourth-order valence-electron chi connectivity index (χ4n) is 3.88. The van der Waals surface area contributed by atoms with Gasteiger partial charge in [0.1, 0.15) is 6.61 Å². The summed E-state index contributed by atoms with van der Waals surface area (Å²) in [5, 5.41) is 14.6. The Morgan fingerprint density at radius 1 is 0.939 bits per heavy atom. The molecule has 0 saturated heterocycles. The second kappa shape index (κ2) is 9.65. The van der Waals surface area contributed by atoms with Crippen LogP contribution >= 0.6 is 0 Å². The number of amides is 2. The summed E-state index contributed by atoms with van der Waals surface area (Å²) in [5.74, 6) is -1.25. The third-order valence-electron chi connectivity index (χ3n) is 6.07. The van der Waals surface area contributed by atoms with Gasteiger partial charge in [-0.15, -0.1) is 0 Å². The monoisotopic (exact) mass is 452 g/mol. The number of carbonyl (C=O) groups excluding carboxylic acids is 2. The Morgan fingerprint density at radius 3 is 2.03 bits per heavy atom.